The number of benzene rings is 3. The second-order valence-corrected chi connectivity index (χ2v) is 9.85. The molecule has 0 bridgehead atoms. The average molecular weight is 513 g/mol. The Labute approximate surface area is 211 Å². The summed E-state index contributed by atoms with van der Waals surface area (Å²) in [5.74, 6) is 0.507. The van der Waals surface area contributed by atoms with Crippen LogP contribution >= 0.6 is 11.6 Å². The molecule has 1 heterocycles. The van der Waals surface area contributed by atoms with E-state index in [0.29, 0.717) is 17.3 Å². The van der Waals surface area contributed by atoms with E-state index in [9.17, 15) is 18.0 Å². The van der Waals surface area contributed by atoms with Gasteiger partial charge in [0.05, 0.1) is 21.6 Å². The van der Waals surface area contributed by atoms with Crippen LogP contribution in [0.25, 0.3) is 33.5 Å². The van der Waals surface area contributed by atoms with Gasteiger partial charge in [-0.05, 0) is 66.3 Å². The number of carbonyl (C=O) groups is 1. The van der Waals surface area contributed by atoms with Crippen molar-refractivity contribution in [2.75, 3.05) is 0 Å². The molecule has 5 rings (SSSR count). The largest absolute Gasteiger partial charge is 0.481 e. The zero-order chi connectivity index (χ0) is 25.4. The van der Waals surface area contributed by atoms with Crippen molar-refractivity contribution in [3.63, 3.8) is 0 Å². The maximum Gasteiger partial charge on any atom is 0.417 e. The van der Waals surface area contributed by atoms with E-state index in [2.05, 4.69) is 34.2 Å². The molecule has 0 radical (unpaired) electrons. The number of aromatic nitrogens is 2. The van der Waals surface area contributed by atoms with Crippen molar-refractivity contribution < 1.29 is 23.1 Å². The lowest BCUT2D eigenvalue weighted by atomic mass is 9.77. The fraction of sp³-hybridized carbons (Fsp3) is 0.286. The van der Waals surface area contributed by atoms with Crippen LogP contribution in [0.15, 0.2) is 60.7 Å². The van der Waals surface area contributed by atoms with E-state index in [1.807, 2.05) is 24.3 Å². The first-order chi connectivity index (χ1) is 17.2. The Morgan fingerprint density at radius 1 is 0.944 bits per heavy atom. The molecule has 0 atom stereocenters. The Hall–Kier alpha value is -3.32. The van der Waals surface area contributed by atoms with Crippen molar-refractivity contribution >= 4 is 28.6 Å². The van der Waals surface area contributed by atoms with Gasteiger partial charge in [-0.1, -0.05) is 60.1 Å². The lowest BCUT2D eigenvalue weighted by Crippen LogP contribution is -2.16. The Kier molecular flexibility index (Phi) is 6.51. The zero-order valence-electron chi connectivity index (χ0n) is 19.3. The highest BCUT2D eigenvalue weighted by atomic mass is 35.5. The van der Waals surface area contributed by atoms with Crippen LogP contribution in [0.1, 0.15) is 49.1 Å². The smallest absolute Gasteiger partial charge is 0.417 e. The Morgan fingerprint density at radius 2 is 1.53 bits per heavy atom. The molecule has 0 amide bonds. The molecule has 1 aromatic heterocycles. The summed E-state index contributed by atoms with van der Waals surface area (Å²) >= 11 is 5.82. The first kappa shape index (κ1) is 24.4. The van der Waals surface area contributed by atoms with Crippen LogP contribution in [0.2, 0.25) is 5.02 Å². The Morgan fingerprint density at radius 3 is 2.11 bits per heavy atom. The van der Waals surface area contributed by atoms with E-state index in [-0.39, 0.29) is 22.9 Å². The number of carboxylic acid groups (broad SMARTS) is 1. The number of halogens is 4. The van der Waals surface area contributed by atoms with Gasteiger partial charge in [0.25, 0.3) is 0 Å². The first-order valence-electron chi connectivity index (χ1n) is 11.9. The van der Waals surface area contributed by atoms with Crippen molar-refractivity contribution in [2.24, 2.45) is 5.92 Å². The quantitative estimate of drug-likeness (QED) is 0.282. The summed E-state index contributed by atoms with van der Waals surface area (Å²) in [7, 11) is 0. The van der Waals surface area contributed by atoms with Crippen molar-refractivity contribution in [1.82, 2.24) is 9.97 Å². The van der Waals surface area contributed by atoms with Gasteiger partial charge in [-0.3, -0.25) is 4.79 Å². The second kappa shape index (κ2) is 9.62. The molecule has 36 heavy (non-hydrogen) atoms. The Balaban J connectivity index is 1.30. The van der Waals surface area contributed by atoms with Crippen molar-refractivity contribution in [2.45, 2.75) is 44.2 Å². The molecule has 1 fully saturated rings. The van der Waals surface area contributed by atoms with Crippen LogP contribution < -0.4 is 0 Å². The van der Waals surface area contributed by atoms with E-state index >= 15 is 0 Å². The van der Waals surface area contributed by atoms with Gasteiger partial charge in [0.1, 0.15) is 5.82 Å². The number of aliphatic carboxylic acids is 1. The minimum atomic E-state index is -4.53. The van der Waals surface area contributed by atoms with Crippen molar-refractivity contribution in [3.05, 3.63) is 76.8 Å². The summed E-state index contributed by atoms with van der Waals surface area (Å²) < 4.78 is 39.5. The summed E-state index contributed by atoms with van der Waals surface area (Å²) in [6.45, 7) is 0. The summed E-state index contributed by atoms with van der Waals surface area (Å²) in [5, 5.41) is 8.63. The molecule has 1 aliphatic rings. The van der Waals surface area contributed by atoms with Crippen molar-refractivity contribution in [1.29, 1.82) is 0 Å². The number of rotatable bonds is 5. The molecule has 8 heteroatoms. The first-order valence-corrected chi connectivity index (χ1v) is 12.2. The van der Waals surface area contributed by atoms with Gasteiger partial charge in [0.15, 0.2) is 0 Å². The predicted octanol–water partition coefficient (Wildman–Crippen LogP) is 8.32. The summed E-state index contributed by atoms with van der Waals surface area (Å²) in [4.78, 5) is 18.3. The minimum absolute atomic E-state index is 0.262. The third kappa shape index (κ3) is 5.12. The summed E-state index contributed by atoms with van der Waals surface area (Å²) in [6.07, 6.45) is -0.346. The molecule has 3 aromatic carbocycles. The molecular weight excluding hydrogens is 489 g/mol. The molecule has 4 aromatic rings. The molecule has 1 saturated carbocycles. The number of hydrogen-bond acceptors (Lipinski definition) is 2. The van der Waals surface area contributed by atoms with Gasteiger partial charge in [-0.15, -0.1) is 0 Å². The van der Waals surface area contributed by atoms with E-state index in [1.54, 1.807) is 0 Å². The molecule has 1 aliphatic carbocycles. The average Bonchev–Trinajstić information content (AvgIpc) is 3.26. The molecular formula is C28H24ClF3N2O2. The molecule has 0 aliphatic heterocycles. The highest BCUT2D eigenvalue weighted by molar-refractivity contribution is 6.32. The number of nitrogens with one attached hydrogen (secondary N) is 1. The molecule has 0 spiro atoms. The zero-order valence-corrected chi connectivity index (χ0v) is 20.0. The van der Waals surface area contributed by atoms with Crippen LogP contribution in [0.5, 0.6) is 0 Å². The number of carboxylic acids is 1. The summed E-state index contributed by atoms with van der Waals surface area (Å²) in [6, 6.07) is 18.4. The molecule has 4 nitrogen and oxygen atoms in total. The van der Waals surface area contributed by atoms with E-state index in [0.717, 1.165) is 48.4 Å². The van der Waals surface area contributed by atoms with Crippen LogP contribution in [-0.2, 0) is 11.0 Å². The van der Waals surface area contributed by atoms with E-state index < -0.39 is 17.7 Å². The minimum Gasteiger partial charge on any atom is -0.481 e. The number of fused-ring (bicyclic) bond motifs is 1. The van der Waals surface area contributed by atoms with Crippen LogP contribution in [0.4, 0.5) is 13.2 Å². The number of alkyl halides is 3. The fourth-order valence-corrected chi connectivity index (χ4v) is 5.37. The number of nitrogens with zero attached hydrogens (tertiary/aromatic N) is 1. The molecule has 2 N–H and O–H groups in total. The van der Waals surface area contributed by atoms with Gasteiger partial charge in [0, 0.05) is 12.0 Å². The lowest BCUT2D eigenvalue weighted by molar-refractivity contribution is -0.138. The predicted molar refractivity (Wildman–Crippen MR) is 134 cm³/mol. The van der Waals surface area contributed by atoms with Gasteiger partial charge in [0.2, 0.25) is 0 Å². The van der Waals surface area contributed by atoms with Crippen molar-refractivity contribution in [3.8, 4) is 22.5 Å². The van der Waals surface area contributed by atoms with E-state index in [1.165, 1.54) is 11.6 Å². The van der Waals surface area contributed by atoms with Crippen LogP contribution in [-0.4, -0.2) is 21.0 Å². The molecule has 186 valence electrons. The van der Waals surface area contributed by atoms with Gasteiger partial charge in [-0.25, -0.2) is 4.98 Å². The topological polar surface area (TPSA) is 66.0 Å². The van der Waals surface area contributed by atoms with Gasteiger partial charge >= 0.3 is 12.1 Å². The normalized spacial score (nSPS) is 18.4. The maximum absolute atomic E-state index is 13.2. The monoisotopic (exact) mass is 512 g/mol. The molecule has 0 unspecified atom stereocenters. The number of hydrogen-bond donors (Lipinski definition) is 2. The van der Waals surface area contributed by atoms with Gasteiger partial charge < -0.3 is 10.1 Å². The number of H-pyrrole nitrogens is 1. The van der Waals surface area contributed by atoms with Gasteiger partial charge in [-0.2, -0.15) is 13.2 Å². The SMILES string of the molecule is O=C(O)CC1CCC(c2ccc(-c3ccc(-c4nc5cc(Cl)c(C(F)(F)F)cc5[nH]4)cc3)cc2)CC1. The highest BCUT2D eigenvalue weighted by Crippen LogP contribution is 2.39. The standard InChI is InChI=1S/C28H24ClF3N2O2/c29-23-15-25-24(14-22(23)28(30,31)32)33-27(34-25)21-11-9-20(10-12-21)19-7-5-18(6-8-19)17-3-1-16(2-4-17)13-26(35)36/h5-12,14-17H,1-4,13H2,(H,33,34)(H,35,36). The number of aromatic amines is 1. The van der Waals surface area contributed by atoms with E-state index in [4.69, 9.17) is 16.7 Å². The van der Waals surface area contributed by atoms with Crippen LogP contribution in [0.3, 0.4) is 0 Å². The fourth-order valence-electron chi connectivity index (χ4n) is 5.10. The Bertz CT molecular complexity index is 1390. The third-order valence-electron chi connectivity index (χ3n) is 7.06. The molecule has 0 saturated heterocycles. The lowest BCUT2D eigenvalue weighted by Gasteiger charge is -2.28. The summed E-state index contributed by atoms with van der Waals surface area (Å²) in [5.41, 5.74) is 3.89. The highest BCUT2D eigenvalue weighted by Gasteiger charge is 2.34. The maximum atomic E-state index is 13.2. The third-order valence-corrected chi connectivity index (χ3v) is 7.37. The number of imidazole rings is 1. The second-order valence-electron chi connectivity index (χ2n) is 9.45. The van der Waals surface area contributed by atoms with Crippen LogP contribution in [0, 0.1) is 5.92 Å².